The number of nitrogens with one attached hydrogen (secondary N) is 1. The Labute approximate surface area is 183 Å². The number of anilines is 2. The molecule has 0 saturated carbocycles. The van der Waals surface area contributed by atoms with Crippen LogP contribution >= 0.6 is 11.8 Å². The first-order valence-corrected chi connectivity index (χ1v) is 11.7. The molecule has 1 heterocycles. The van der Waals surface area contributed by atoms with Crippen LogP contribution in [0, 0.1) is 0 Å². The first kappa shape index (κ1) is 21.3. The fourth-order valence-corrected chi connectivity index (χ4v) is 5.45. The van der Waals surface area contributed by atoms with Gasteiger partial charge >= 0.3 is 0 Å². The first-order valence-electron chi connectivity index (χ1n) is 9.41. The van der Waals surface area contributed by atoms with E-state index >= 15 is 0 Å². The molecular formula is C22H18F2N2O3S2. The lowest BCUT2D eigenvalue weighted by Crippen LogP contribution is -2.29. The highest BCUT2D eigenvalue weighted by Crippen LogP contribution is 2.33. The number of carbonyl (C=O) groups is 1. The number of sulfonamides is 1. The molecule has 31 heavy (non-hydrogen) atoms. The zero-order valence-electron chi connectivity index (χ0n) is 16.2. The number of nitrogens with zero attached hydrogens (tertiary/aromatic N) is 1. The minimum atomic E-state index is -3.82. The van der Waals surface area contributed by atoms with E-state index in [0.717, 1.165) is 5.56 Å². The van der Waals surface area contributed by atoms with E-state index in [9.17, 15) is 22.0 Å². The van der Waals surface area contributed by atoms with Crippen molar-refractivity contribution in [3.8, 4) is 0 Å². The fourth-order valence-electron chi connectivity index (χ4n) is 3.41. The van der Waals surface area contributed by atoms with Gasteiger partial charge in [-0.3, -0.25) is 9.10 Å². The smallest absolute Gasteiger partial charge is 0.288 e. The predicted octanol–water partition coefficient (Wildman–Crippen LogP) is 5.01. The molecular weight excluding hydrogens is 442 g/mol. The van der Waals surface area contributed by atoms with Gasteiger partial charge in [-0.15, -0.1) is 0 Å². The van der Waals surface area contributed by atoms with Crippen LogP contribution in [0.4, 0.5) is 20.2 Å². The maximum Gasteiger partial charge on any atom is 0.288 e. The third kappa shape index (κ3) is 4.57. The number of fused-ring (bicyclic) bond motifs is 1. The molecule has 3 aromatic carbocycles. The molecule has 1 aliphatic heterocycles. The van der Waals surface area contributed by atoms with Crippen LogP contribution in [0.15, 0.2) is 82.6 Å². The van der Waals surface area contributed by atoms with E-state index in [0.29, 0.717) is 41.0 Å². The molecule has 0 saturated heterocycles. The van der Waals surface area contributed by atoms with Crippen molar-refractivity contribution < 1.29 is 22.0 Å². The average molecular weight is 461 g/mol. The molecule has 0 aromatic heterocycles. The highest BCUT2D eigenvalue weighted by molar-refractivity contribution is 7.99. The zero-order valence-corrected chi connectivity index (χ0v) is 17.8. The van der Waals surface area contributed by atoms with E-state index in [-0.39, 0.29) is 10.5 Å². The minimum absolute atomic E-state index is 0.0283. The molecule has 0 spiro atoms. The summed E-state index contributed by atoms with van der Waals surface area (Å²) in [4.78, 5) is 13.0. The second-order valence-electron chi connectivity index (χ2n) is 6.84. The number of amides is 1. The summed E-state index contributed by atoms with van der Waals surface area (Å²) in [5, 5.41) is 2.66. The average Bonchev–Trinajstić information content (AvgIpc) is 3.20. The van der Waals surface area contributed by atoms with Crippen molar-refractivity contribution in [2.45, 2.75) is 22.0 Å². The topological polar surface area (TPSA) is 66.5 Å². The van der Waals surface area contributed by atoms with Gasteiger partial charge in [0.2, 0.25) is 0 Å². The summed E-state index contributed by atoms with van der Waals surface area (Å²) in [6, 6.07) is 19.2. The summed E-state index contributed by atoms with van der Waals surface area (Å²) >= 11 is 0.417. The van der Waals surface area contributed by atoms with Gasteiger partial charge in [0.15, 0.2) is 0 Å². The fraction of sp³-hybridized carbons (Fsp3) is 0.136. The van der Waals surface area contributed by atoms with Gasteiger partial charge in [-0.05, 0) is 60.5 Å². The number of hydrogen-bond acceptors (Lipinski definition) is 4. The summed E-state index contributed by atoms with van der Waals surface area (Å²) in [7, 11) is -3.82. The number of para-hydroxylation sites is 1. The maximum absolute atomic E-state index is 13.2. The summed E-state index contributed by atoms with van der Waals surface area (Å²) in [6.07, 6.45) is 0.634. The lowest BCUT2D eigenvalue weighted by molar-refractivity contribution is 0.102. The van der Waals surface area contributed by atoms with E-state index in [4.69, 9.17) is 0 Å². The highest BCUT2D eigenvalue weighted by Gasteiger charge is 2.30. The Balaban J connectivity index is 1.53. The summed E-state index contributed by atoms with van der Waals surface area (Å²) in [6.45, 7) is 0.348. The van der Waals surface area contributed by atoms with Crippen molar-refractivity contribution in [3.63, 3.8) is 0 Å². The normalized spacial score (nSPS) is 13.3. The molecule has 1 N–H and O–H groups in total. The van der Waals surface area contributed by atoms with Crippen LogP contribution < -0.4 is 9.62 Å². The molecule has 0 fully saturated rings. The number of benzene rings is 3. The standard InChI is InChI=1S/C22H18F2N2O3S2/c23-22(24)30-18-10-8-17(9-11-18)25-21(27)16-5-3-6-19(14-16)31(28,29)26-13-12-15-4-1-2-7-20(15)26/h1-11,14,22H,12-13H2,(H,25,27). The number of alkyl halides is 2. The summed E-state index contributed by atoms with van der Waals surface area (Å²) < 4.78 is 52.6. The largest absolute Gasteiger partial charge is 0.322 e. The lowest BCUT2D eigenvalue weighted by Gasteiger charge is -2.20. The van der Waals surface area contributed by atoms with Gasteiger partial charge in [-0.2, -0.15) is 8.78 Å². The van der Waals surface area contributed by atoms with Crippen molar-refractivity contribution in [1.29, 1.82) is 0 Å². The highest BCUT2D eigenvalue weighted by atomic mass is 32.2. The van der Waals surface area contributed by atoms with E-state index < -0.39 is 21.7 Å². The molecule has 1 aliphatic rings. The Bertz CT molecular complexity index is 1220. The lowest BCUT2D eigenvalue weighted by atomic mass is 10.2. The Morgan fingerprint density at radius 3 is 2.48 bits per heavy atom. The molecule has 0 aliphatic carbocycles. The van der Waals surface area contributed by atoms with Gasteiger partial charge in [0.25, 0.3) is 21.7 Å². The number of carbonyl (C=O) groups excluding carboxylic acids is 1. The first-order chi connectivity index (χ1) is 14.8. The van der Waals surface area contributed by atoms with Crippen LogP contribution in [-0.4, -0.2) is 26.6 Å². The number of rotatable bonds is 6. The van der Waals surface area contributed by atoms with Crippen molar-refractivity contribution >= 4 is 39.1 Å². The molecule has 0 unspecified atom stereocenters. The van der Waals surface area contributed by atoms with E-state index in [1.165, 1.54) is 52.8 Å². The van der Waals surface area contributed by atoms with E-state index in [1.54, 1.807) is 12.1 Å². The molecule has 9 heteroatoms. The van der Waals surface area contributed by atoms with Gasteiger partial charge in [0.1, 0.15) is 0 Å². The van der Waals surface area contributed by atoms with Crippen LogP contribution in [-0.2, 0) is 16.4 Å². The van der Waals surface area contributed by atoms with Crippen LogP contribution in [0.5, 0.6) is 0 Å². The Morgan fingerprint density at radius 2 is 1.74 bits per heavy atom. The zero-order chi connectivity index (χ0) is 22.0. The third-order valence-electron chi connectivity index (χ3n) is 4.87. The van der Waals surface area contributed by atoms with Crippen LogP contribution in [0.3, 0.4) is 0 Å². The van der Waals surface area contributed by atoms with Gasteiger partial charge < -0.3 is 5.32 Å². The molecule has 5 nitrogen and oxygen atoms in total. The Morgan fingerprint density at radius 1 is 1.00 bits per heavy atom. The van der Waals surface area contributed by atoms with Crippen molar-refractivity contribution in [1.82, 2.24) is 0 Å². The predicted molar refractivity (Wildman–Crippen MR) is 117 cm³/mol. The molecule has 160 valence electrons. The Kier molecular flexibility index (Phi) is 5.97. The van der Waals surface area contributed by atoms with Crippen molar-refractivity contribution in [3.05, 3.63) is 83.9 Å². The van der Waals surface area contributed by atoms with E-state index in [1.807, 2.05) is 12.1 Å². The van der Waals surface area contributed by atoms with Gasteiger partial charge in [-0.1, -0.05) is 36.0 Å². The maximum atomic E-state index is 13.2. The van der Waals surface area contributed by atoms with Crippen molar-refractivity contribution in [2.75, 3.05) is 16.2 Å². The van der Waals surface area contributed by atoms with Gasteiger partial charge in [-0.25, -0.2) is 8.42 Å². The van der Waals surface area contributed by atoms with Crippen LogP contribution in [0.1, 0.15) is 15.9 Å². The second kappa shape index (κ2) is 8.68. The molecule has 0 radical (unpaired) electrons. The van der Waals surface area contributed by atoms with E-state index in [2.05, 4.69) is 5.32 Å². The summed E-state index contributed by atoms with van der Waals surface area (Å²) in [5.41, 5.74) is 2.22. The number of halogens is 2. The van der Waals surface area contributed by atoms with Crippen LogP contribution in [0.2, 0.25) is 0 Å². The molecule has 3 aromatic rings. The number of hydrogen-bond donors (Lipinski definition) is 1. The van der Waals surface area contributed by atoms with Gasteiger partial charge in [0.05, 0.1) is 10.6 Å². The molecule has 4 rings (SSSR count). The quantitative estimate of drug-likeness (QED) is 0.526. The second-order valence-corrected chi connectivity index (χ2v) is 9.77. The van der Waals surface area contributed by atoms with Crippen molar-refractivity contribution in [2.24, 2.45) is 0 Å². The van der Waals surface area contributed by atoms with Crippen LogP contribution in [0.25, 0.3) is 0 Å². The molecule has 0 bridgehead atoms. The monoisotopic (exact) mass is 460 g/mol. The van der Waals surface area contributed by atoms with Gasteiger partial charge in [0, 0.05) is 22.7 Å². The third-order valence-corrected chi connectivity index (χ3v) is 7.40. The minimum Gasteiger partial charge on any atom is -0.322 e. The molecule has 0 atom stereocenters. The Hall–Kier alpha value is -2.91. The summed E-state index contributed by atoms with van der Waals surface area (Å²) in [5.74, 6) is -3.01. The SMILES string of the molecule is O=C(Nc1ccc(SC(F)F)cc1)c1cccc(S(=O)(=O)N2CCc3ccccc32)c1. The number of thioether (sulfide) groups is 1. The molecule has 1 amide bonds.